The standard InChI is InChI=1S/C4H4ClFO4/c5-1(3(7)8)2(6)4(9)10/h1-2H,(H,7,8)(H,9,10)/t1-,2+/m0/s1. The Morgan fingerprint density at radius 2 is 1.70 bits per heavy atom. The van der Waals surface area contributed by atoms with Crippen LogP contribution in [0.2, 0.25) is 0 Å². The molecule has 0 aromatic heterocycles. The second-order valence-corrected chi connectivity index (χ2v) is 1.95. The summed E-state index contributed by atoms with van der Waals surface area (Å²) in [6.45, 7) is 0. The molecule has 0 spiro atoms. The quantitative estimate of drug-likeness (QED) is 0.589. The van der Waals surface area contributed by atoms with Gasteiger partial charge in [-0.05, 0) is 0 Å². The summed E-state index contributed by atoms with van der Waals surface area (Å²) in [5.74, 6) is -3.56. The molecule has 0 aromatic carbocycles. The summed E-state index contributed by atoms with van der Waals surface area (Å²) >= 11 is 4.81. The third-order valence-corrected chi connectivity index (χ3v) is 1.14. The lowest BCUT2D eigenvalue weighted by molar-refractivity contribution is -0.148. The second-order valence-electron chi connectivity index (χ2n) is 1.48. The van der Waals surface area contributed by atoms with Gasteiger partial charge in [0.05, 0.1) is 0 Å². The van der Waals surface area contributed by atoms with Crippen molar-refractivity contribution in [2.24, 2.45) is 0 Å². The molecule has 10 heavy (non-hydrogen) atoms. The number of hydrogen-bond acceptors (Lipinski definition) is 2. The van der Waals surface area contributed by atoms with Crippen LogP contribution in [0.3, 0.4) is 0 Å². The molecule has 2 N–H and O–H groups in total. The summed E-state index contributed by atoms with van der Waals surface area (Å²) in [4.78, 5) is 19.5. The maximum Gasteiger partial charge on any atom is 0.340 e. The lowest BCUT2D eigenvalue weighted by Gasteiger charge is -2.03. The molecule has 0 bridgehead atoms. The van der Waals surface area contributed by atoms with Crippen LogP contribution in [-0.2, 0) is 9.59 Å². The number of rotatable bonds is 3. The highest BCUT2D eigenvalue weighted by atomic mass is 35.5. The van der Waals surface area contributed by atoms with Crippen LogP contribution < -0.4 is 0 Å². The van der Waals surface area contributed by atoms with Crippen molar-refractivity contribution in [3.63, 3.8) is 0 Å². The fourth-order valence-electron chi connectivity index (χ4n) is 0.250. The van der Waals surface area contributed by atoms with Crippen LogP contribution in [0.4, 0.5) is 4.39 Å². The molecule has 4 nitrogen and oxygen atoms in total. The number of hydrogen-bond donors (Lipinski definition) is 2. The third kappa shape index (κ3) is 2.18. The predicted octanol–water partition coefficient (Wildman–Crippen LogP) is 0.101. The highest BCUT2D eigenvalue weighted by molar-refractivity contribution is 6.31. The van der Waals surface area contributed by atoms with Crippen LogP contribution in [0.25, 0.3) is 0 Å². The zero-order chi connectivity index (χ0) is 8.31. The van der Waals surface area contributed by atoms with Crippen molar-refractivity contribution in [2.45, 2.75) is 11.5 Å². The molecule has 0 aromatic rings. The first kappa shape index (κ1) is 9.16. The number of carboxylic acids is 2. The second kappa shape index (κ2) is 3.36. The van der Waals surface area contributed by atoms with E-state index in [-0.39, 0.29) is 0 Å². The van der Waals surface area contributed by atoms with Crippen molar-refractivity contribution in [3.8, 4) is 0 Å². The lowest BCUT2D eigenvalue weighted by Crippen LogP contribution is -2.31. The third-order valence-electron chi connectivity index (χ3n) is 0.729. The molecule has 0 rings (SSSR count). The maximum atomic E-state index is 12.1. The molecule has 0 saturated carbocycles. The average molecular weight is 171 g/mol. The molecule has 2 atom stereocenters. The number of alkyl halides is 2. The maximum absolute atomic E-state index is 12.1. The molecule has 0 heterocycles. The fourth-order valence-corrected chi connectivity index (χ4v) is 0.358. The Labute approximate surface area is 60.2 Å². The number of carbonyl (C=O) groups is 2. The van der Waals surface area contributed by atoms with Gasteiger partial charge in [0.1, 0.15) is 0 Å². The van der Waals surface area contributed by atoms with Gasteiger partial charge < -0.3 is 10.2 Å². The summed E-state index contributed by atoms with van der Waals surface area (Å²) in [5.41, 5.74) is 0. The minimum absolute atomic E-state index is 1.68. The zero-order valence-corrected chi connectivity index (χ0v) is 5.38. The highest BCUT2D eigenvalue weighted by Gasteiger charge is 2.31. The van der Waals surface area contributed by atoms with Crippen LogP contribution in [0.15, 0.2) is 0 Å². The Hall–Kier alpha value is -0.840. The van der Waals surface area contributed by atoms with Gasteiger partial charge in [0, 0.05) is 0 Å². The smallest absolute Gasteiger partial charge is 0.340 e. The monoisotopic (exact) mass is 170 g/mol. The van der Waals surface area contributed by atoms with Gasteiger partial charge in [0.2, 0.25) is 6.17 Å². The van der Waals surface area contributed by atoms with Gasteiger partial charge in [-0.2, -0.15) is 0 Å². The van der Waals surface area contributed by atoms with Gasteiger partial charge >= 0.3 is 11.9 Å². The topological polar surface area (TPSA) is 74.6 Å². The molecule has 0 fully saturated rings. The van der Waals surface area contributed by atoms with E-state index >= 15 is 0 Å². The van der Waals surface area contributed by atoms with E-state index in [4.69, 9.17) is 21.8 Å². The van der Waals surface area contributed by atoms with E-state index in [9.17, 15) is 14.0 Å². The van der Waals surface area contributed by atoms with Crippen molar-refractivity contribution >= 4 is 23.5 Å². The van der Waals surface area contributed by atoms with Gasteiger partial charge in [0.15, 0.2) is 5.38 Å². The van der Waals surface area contributed by atoms with E-state index in [0.29, 0.717) is 0 Å². The summed E-state index contributed by atoms with van der Waals surface area (Å²) in [5, 5.41) is 13.8. The number of aliphatic carboxylic acids is 2. The van der Waals surface area contributed by atoms with E-state index < -0.39 is 23.5 Å². The normalized spacial score (nSPS) is 15.8. The van der Waals surface area contributed by atoms with Crippen LogP contribution in [-0.4, -0.2) is 33.7 Å². The summed E-state index contributed by atoms with van der Waals surface area (Å²) in [6.07, 6.45) is -2.56. The van der Waals surface area contributed by atoms with Crippen LogP contribution >= 0.6 is 11.6 Å². The Morgan fingerprint density at radius 1 is 1.30 bits per heavy atom. The van der Waals surface area contributed by atoms with E-state index in [2.05, 4.69) is 0 Å². The average Bonchev–Trinajstić information content (AvgIpc) is 1.84. The van der Waals surface area contributed by atoms with Crippen LogP contribution in [0.5, 0.6) is 0 Å². The fraction of sp³-hybridized carbons (Fsp3) is 0.500. The van der Waals surface area contributed by atoms with Crippen molar-refractivity contribution in [1.82, 2.24) is 0 Å². The minimum atomic E-state index is -2.56. The van der Waals surface area contributed by atoms with Gasteiger partial charge in [-0.3, -0.25) is 4.79 Å². The van der Waals surface area contributed by atoms with Crippen molar-refractivity contribution in [2.75, 3.05) is 0 Å². The van der Waals surface area contributed by atoms with Crippen molar-refractivity contribution in [1.29, 1.82) is 0 Å². The molecule has 0 radical (unpaired) electrons. The van der Waals surface area contributed by atoms with E-state index in [1.807, 2.05) is 0 Å². The van der Waals surface area contributed by atoms with Gasteiger partial charge in [-0.15, -0.1) is 11.6 Å². The molecule has 58 valence electrons. The lowest BCUT2D eigenvalue weighted by atomic mass is 10.3. The molecule has 0 unspecified atom stereocenters. The predicted molar refractivity (Wildman–Crippen MR) is 29.8 cm³/mol. The molecular formula is C4H4ClFO4. The van der Waals surface area contributed by atoms with Crippen molar-refractivity contribution in [3.05, 3.63) is 0 Å². The first-order valence-electron chi connectivity index (χ1n) is 2.20. The summed E-state index contributed by atoms with van der Waals surface area (Å²) in [7, 11) is 0. The van der Waals surface area contributed by atoms with Gasteiger partial charge in [-0.1, -0.05) is 0 Å². The Bertz CT molecular complexity index is 141. The van der Waals surface area contributed by atoms with E-state index in [1.54, 1.807) is 0 Å². The Balaban J connectivity index is 4.07. The Kier molecular flexibility index (Phi) is 3.08. The van der Waals surface area contributed by atoms with Crippen molar-refractivity contribution < 1.29 is 24.2 Å². The van der Waals surface area contributed by atoms with Crippen LogP contribution in [0.1, 0.15) is 0 Å². The molecule has 0 amide bonds. The minimum Gasteiger partial charge on any atom is -0.480 e. The number of halogens is 2. The molecule has 0 saturated heterocycles. The molecule has 0 aliphatic heterocycles. The Morgan fingerprint density at radius 3 is 1.80 bits per heavy atom. The zero-order valence-electron chi connectivity index (χ0n) is 4.62. The summed E-state index contributed by atoms with van der Waals surface area (Å²) in [6, 6.07) is 0. The van der Waals surface area contributed by atoms with E-state index in [1.165, 1.54) is 0 Å². The highest BCUT2D eigenvalue weighted by Crippen LogP contribution is 2.06. The molecule has 0 aliphatic carbocycles. The molecule has 6 heteroatoms. The van der Waals surface area contributed by atoms with Gasteiger partial charge in [0.25, 0.3) is 0 Å². The van der Waals surface area contributed by atoms with Gasteiger partial charge in [-0.25, -0.2) is 9.18 Å². The van der Waals surface area contributed by atoms with Crippen LogP contribution in [0, 0.1) is 0 Å². The summed E-state index contributed by atoms with van der Waals surface area (Å²) < 4.78 is 12.1. The molecular weight excluding hydrogens is 166 g/mol. The van der Waals surface area contributed by atoms with E-state index in [0.717, 1.165) is 0 Å². The first-order valence-corrected chi connectivity index (χ1v) is 2.64. The SMILES string of the molecule is O=C(O)[C@@H](Cl)[C@@H](F)C(=O)O. The molecule has 0 aliphatic rings. The number of carboxylic acid groups (broad SMARTS) is 2. The largest absolute Gasteiger partial charge is 0.480 e. The first-order chi connectivity index (χ1) is 4.46.